The fraction of sp³-hybridized carbons (Fsp3) is 0.263. The number of rotatable bonds is 5. The topological polar surface area (TPSA) is 91.2 Å². The first-order valence-electron chi connectivity index (χ1n) is 8.89. The molecule has 0 aliphatic carbocycles. The molecule has 2 aromatic heterocycles. The number of carbonyl (C=O) groups excluding carboxylic acids is 1. The second kappa shape index (κ2) is 7.86. The lowest BCUT2D eigenvalue weighted by atomic mass is 9.85. The zero-order chi connectivity index (χ0) is 21.4. The molecule has 0 fully saturated rings. The Bertz CT molecular complexity index is 1100. The highest BCUT2D eigenvalue weighted by Gasteiger charge is 2.33. The molecule has 4 rings (SSSR count). The van der Waals surface area contributed by atoms with Gasteiger partial charge in [0.25, 0.3) is 0 Å². The van der Waals surface area contributed by atoms with E-state index in [1.807, 2.05) is 6.92 Å². The first-order valence-corrected chi connectivity index (χ1v) is 9.27. The number of aromatic nitrogens is 4. The van der Waals surface area contributed by atoms with Gasteiger partial charge in [-0.05, 0) is 36.8 Å². The molecule has 156 valence electrons. The lowest BCUT2D eigenvalue weighted by Crippen LogP contribution is -2.25. The zero-order valence-corrected chi connectivity index (χ0v) is 16.7. The predicted octanol–water partition coefficient (Wildman–Crippen LogP) is 3.71. The van der Waals surface area contributed by atoms with E-state index in [-0.39, 0.29) is 34.9 Å². The lowest BCUT2D eigenvalue weighted by Gasteiger charge is -2.25. The SMILES string of the molecule is COc1cc([C@H]2CC(=O)Nc3c2c(C)nn3-c2ccc(Cl)nn2)ccc1OC(F)F. The van der Waals surface area contributed by atoms with Gasteiger partial charge in [0.15, 0.2) is 22.5 Å². The minimum atomic E-state index is -2.97. The molecule has 8 nitrogen and oxygen atoms in total. The second-order valence-electron chi connectivity index (χ2n) is 6.57. The van der Waals surface area contributed by atoms with Crippen molar-refractivity contribution in [2.45, 2.75) is 25.9 Å². The Hall–Kier alpha value is -3.27. The Morgan fingerprint density at radius 2 is 2.03 bits per heavy atom. The third-order valence-electron chi connectivity index (χ3n) is 4.74. The van der Waals surface area contributed by atoms with Gasteiger partial charge in [-0.25, -0.2) is 0 Å². The average molecular weight is 436 g/mol. The zero-order valence-electron chi connectivity index (χ0n) is 15.9. The Morgan fingerprint density at radius 3 is 2.70 bits per heavy atom. The summed E-state index contributed by atoms with van der Waals surface area (Å²) in [6, 6.07) is 7.83. The molecule has 1 amide bonds. The number of hydrogen-bond acceptors (Lipinski definition) is 6. The largest absolute Gasteiger partial charge is 0.493 e. The van der Waals surface area contributed by atoms with Crippen molar-refractivity contribution in [3.8, 4) is 17.3 Å². The van der Waals surface area contributed by atoms with Crippen molar-refractivity contribution in [2.75, 3.05) is 12.4 Å². The maximum atomic E-state index is 12.6. The Morgan fingerprint density at radius 1 is 1.23 bits per heavy atom. The molecular formula is C19H16ClF2N5O3. The van der Waals surface area contributed by atoms with Crippen molar-refractivity contribution in [2.24, 2.45) is 0 Å². The third-order valence-corrected chi connectivity index (χ3v) is 4.95. The van der Waals surface area contributed by atoms with Crippen LogP contribution < -0.4 is 14.8 Å². The number of nitrogens with one attached hydrogen (secondary N) is 1. The van der Waals surface area contributed by atoms with Crippen LogP contribution in [0, 0.1) is 6.92 Å². The number of nitrogens with zero attached hydrogens (tertiary/aromatic N) is 4. The van der Waals surface area contributed by atoms with Crippen LogP contribution in [-0.4, -0.2) is 39.6 Å². The highest BCUT2D eigenvalue weighted by atomic mass is 35.5. The van der Waals surface area contributed by atoms with Gasteiger partial charge in [0.1, 0.15) is 5.82 Å². The van der Waals surface area contributed by atoms with E-state index >= 15 is 0 Å². The van der Waals surface area contributed by atoms with E-state index in [1.54, 1.807) is 24.3 Å². The van der Waals surface area contributed by atoms with Gasteiger partial charge in [-0.2, -0.15) is 18.6 Å². The number of fused-ring (bicyclic) bond motifs is 1. The van der Waals surface area contributed by atoms with Crippen molar-refractivity contribution >= 4 is 23.3 Å². The number of aryl methyl sites for hydroxylation is 1. The molecule has 11 heteroatoms. The van der Waals surface area contributed by atoms with Crippen molar-refractivity contribution in [3.05, 3.63) is 52.3 Å². The molecule has 30 heavy (non-hydrogen) atoms. The molecule has 0 spiro atoms. The van der Waals surface area contributed by atoms with Crippen LogP contribution >= 0.6 is 11.6 Å². The first kappa shape index (κ1) is 20.0. The van der Waals surface area contributed by atoms with Crippen molar-refractivity contribution < 1.29 is 23.0 Å². The van der Waals surface area contributed by atoms with E-state index < -0.39 is 6.61 Å². The summed E-state index contributed by atoms with van der Waals surface area (Å²) in [5, 5.41) is 15.4. The molecule has 1 aliphatic heterocycles. The number of alkyl halides is 2. The summed E-state index contributed by atoms with van der Waals surface area (Å²) in [5.74, 6) is 0.342. The second-order valence-corrected chi connectivity index (χ2v) is 6.95. The van der Waals surface area contributed by atoms with Crippen LogP contribution in [0.4, 0.5) is 14.6 Å². The molecular weight excluding hydrogens is 420 g/mol. The molecule has 1 aliphatic rings. The molecule has 1 aromatic carbocycles. The van der Waals surface area contributed by atoms with Crippen LogP contribution in [0.5, 0.6) is 11.5 Å². The molecule has 1 atom stereocenters. The van der Waals surface area contributed by atoms with Crippen molar-refractivity contribution in [1.82, 2.24) is 20.0 Å². The maximum absolute atomic E-state index is 12.6. The van der Waals surface area contributed by atoms with E-state index in [2.05, 4.69) is 25.3 Å². The van der Waals surface area contributed by atoms with E-state index in [0.717, 1.165) is 5.56 Å². The molecule has 1 N–H and O–H groups in total. The van der Waals surface area contributed by atoms with Crippen LogP contribution in [0.1, 0.15) is 29.2 Å². The van der Waals surface area contributed by atoms with Crippen LogP contribution in [0.15, 0.2) is 30.3 Å². The summed E-state index contributed by atoms with van der Waals surface area (Å²) in [6.07, 6.45) is 0.157. The molecule has 0 radical (unpaired) electrons. The smallest absolute Gasteiger partial charge is 0.387 e. The van der Waals surface area contributed by atoms with E-state index in [4.69, 9.17) is 16.3 Å². The van der Waals surface area contributed by atoms with E-state index in [9.17, 15) is 13.6 Å². The number of anilines is 1. The third kappa shape index (κ3) is 3.65. The number of hydrogen-bond donors (Lipinski definition) is 1. The summed E-state index contributed by atoms with van der Waals surface area (Å²) in [4.78, 5) is 12.5. The van der Waals surface area contributed by atoms with Crippen LogP contribution in [0.2, 0.25) is 5.15 Å². The minimum absolute atomic E-state index is 0.0828. The summed E-state index contributed by atoms with van der Waals surface area (Å²) in [5.41, 5.74) is 2.17. The highest BCUT2D eigenvalue weighted by molar-refractivity contribution is 6.29. The normalized spacial score (nSPS) is 15.7. The molecule has 0 bridgehead atoms. The van der Waals surface area contributed by atoms with Crippen LogP contribution in [-0.2, 0) is 4.79 Å². The maximum Gasteiger partial charge on any atom is 0.387 e. The summed E-state index contributed by atoms with van der Waals surface area (Å²) < 4.78 is 36.4. The lowest BCUT2D eigenvalue weighted by molar-refractivity contribution is -0.116. The molecule has 0 unspecified atom stereocenters. The van der Waals surface area contributed by atoms with Crippen LogP contribution in [0.25, 0.3) is 5.82 Å². The summed E-state index contributed by atoms with van der Waals surface area (Å²) >= 11 is 5.80. The number of benzene rings is 1. The summed E-state index contributed by atoms with van der Waals surface area (Å²) in [6.45, 7) is -1.16. The van der Waals surface area contributed by atoms with Gasteiger partial charge < -0.3 is 14.8 Å². The molecule has 0 saturated carbocycles. The Labute approximate surface area is 174 Å². The van der Waals surface area contributed by atoms with Crippen molar-refractivity contribution in [3.63, 3.8) is 0 Å². The predicted molar refractivity (Wildman–Crippen MR) is 104 cm³/mol. The first-order chi connectivity index (χ1) is 14.4. The monoisotopic (exact) mass is 435 g/mol. The van der Waals surface area contributed by atoms with Gasteiger partial charge in [-0.1, -0.05) is 17.7 Å². The van der Waals surface area contributed by atoms with Crippen molar-refractivity contribution in [1.29, 1.82) is 0 Å². The number of carbonyl (C=O) groups is 1. The highest BCUT2D eigenvalue weighted by Crippen LogP contribution is 2.42. The average Bonchev–Trinajstić information content (AvgIpc) is 3.04. The molecule has 0 saturated heterocycles. The fourth-order valence-corrected chi connectivity index (χ4v) is 3.61. The number of halogens is 3. The van der Waals surface area contributed by atoms with Crippen LogP contribution in [0.3, 0.4) is 0 Å². The summed E-state index contributed by atoms with van der Waals surface area (Å²) in [7, 11) is 1.36. The Kier molecular flexibility index (Phi) is 5.25. The van der Waals surface area contributed by atoms with Gasteiger partial charge in [0.2, 0.25) is 5.91 Å². The van der Waals surface area contributed by atoms with Gasteiger partial charge >= 0.3 is 6.61 Å². The standard InChI is InChI=1S/C19H16ClF2N5O3/c1-9-17-11(10-3-4-12(30-19(21)22)13(7-10)29-2)8-16(28)23-18(17)27(26-9)15-6-5-14(20)24-25-15/h3-7,11,19H,8H2,1-2H3,(H,23,28)/t11-/m1/s1. The minimum Gasteiger partial charge on any atom is -0.493 e. The van der Waals surface area contributed by atoms with Gasteiger partial charge in [0.05, 0.1) is 12.8 Å². The number of ether oxygens (including phenoxy) is 2. The number of amides is 1. The van der Waals surface area contributed by atoms with E-state index in [0.29, 0.717) is 22.9 Å². The quantitative estimate of drug-likeness (QED) is 0.657. The molecule has 3 heterocycles. The van der Waals surface area contributed by atoms with Gasteiger partial charge in [-0.3, -0.25) is 4.79 Å². The fourth-order valence-electron chi connectivity index (χ4n) is 3.51. The van der Waals surface area contributed by atoms with Gasteiger partial charge in [-0.15, -0.1) is 10.2 Å². The number of methoxy groups -OCH3 is 1. The van der Waals surface area contributed by atoms with Gasteiger partial charge in [0, 0.05) is 17.9 Å². The molecule has 3 aromatic rings. The van der Waals surface area contributed by atoms with E-state index in [1.165, 1.54) is 17.9 Å². The Balaban J connectivity index is 1.79.